The van der Waals surface area contributed by atoms with E-state index < -0.39 is 12.1 Å². The van der Waals surface area contributed by atoms with Crippen molar-refractivity contribution in [2.75, 3.05) is 31.1 Å². The molecule has 122 valence electrons. The molecule has 0 N–H and O–H groups in total. The summed E-state index contributed by atoms with van der Waals surface area (Å²) >= 11 is 0. The minimum Gasteiger partial charge on any atom is -0.354 e. The molecule has 0 atom stereocenters. The third-order valence-corrected chi connectivity index (χ3v) is 3.80. The number of carbonyl (C=O) groups excluding carboxylic acids is 1. The van der Waals surface area contributed by atoms with E-state index in [0.717, 1.165) is 22.0 Å². The van der Waals surface area contributed by atoms with Gasteiger partial charge in [-0.3, -0.25) is 4.79 Å². The first-order valence-corrected chi connectivity index (χ1v) is 7.13. The summed E-state index contributed by atoms with van der Waals surface area (Å²) in [4.78, 5) is 22.8. The molecule has 1 saturated heterocycles. The number of hydrogen-bond acceptors (Lipinski definition) is 4. The topological polar surface area (TPSA) is 49.3 Å². The minimum absolute atomic E-state index is 0.0415. The van der Waals surface area contributed by atoms with Gasteiger partial charge in [0.15, 0.2) is 0 Å². The molecule has 1 aliphatic heterocycles. The van der Waals surface area contributed by atoms with Crippen LogP contribution in [0.3, 0.4) is 0 Å². The Hall–Kier alpha value is -1.86. The smallest absolute Gasteiger partial charge is 0.354 e. The van der Waals surface area contributed by atoms with Crippen LogP contribution in [0.25, 0.3) is 0 Å². The largest absolute Gasteiger partial charge is 0.471 e. The quantitative estimate of drug-likeness (QED) is 0.795. The standard InChI is InChI=1S/C14H19F3N4O/c1-9-10(2)18-11(3)19-12(9)20-5-4-6-21(8-7-20)13(22)14(15,16)17/h4-8H2,1-3H3. The Bertz CT molecular complexity index is 574. The van der Waals surface area contributed by atoms with Crippen LogP contribution in [-0.2, 0) is 4.79 Å². The molecule has 1 fully saturated rings. The van der Waals surface area contributed by atoms with Crippen molar-refractivity contribution >= 4 is 11.7 Å². The second-order valence-electron chi connectivity index (χ2n) is 5.44. The molecule has 0 aliphatic carbocycles. The zero-order valence-corrected chi connectivity index (χ0v) is 12.9. The molecule has 1 aliphatic rings. The Morgan fingerprint density at radius 3 is 2.36 bits per heavy atom. The Morgan fingerprint density at radius 1 is 1.05 bits per heavy atom. The van der Waals surface area contributed by atoms with Crippen molar-refractivity contribution in [1.82, 2.24) is 14.9 Å². The van der Waals surface area contributed by atoms with Gasteiger partial charge in [-0.2, -0.15) is 13.2 Å². The molecule has 8 heteroatoms. The van der Waals surface area contributed by atoms with Crippen molar-refractivity contribution in [2.24, 2.45) is 0 Å². The summed E-state index contributed by atoms with van der Waals surface area (Å²) in [5, 5.41) is 0. The van der Waals surface area contributed by atoms with Crippen molar-refractivity contribution in [2.45, 2.75) is 33.4 Å². The van der Waals surface area contributed by atoms with Gasteiger partial charge in [-0.05, 0) is 27.2 Å². The summed E-state index contributed by atoms with van der Waals surface area (Å²) in [5.74, 6) is -0.391. The lowest BCUT2D eigenvalue weighted by molar-refractivity contribution is -0.185. The molecule has 1 amide bonds. The maximum atomic E-state index is 12.5. The van der Waals surface area contributed by atoms with Gasteiger partial charge in [0.25, 0.3) is 0 Å². The monoisotopic (exact) mass is 316 g/mol. The van der Waals surface area contributed by atoms with Gasteiger partial charge < -0.3 is 9.80 Å². The predicted molar refractivity (Wildman–Crippen MR) is 75.7 cm³/mol. The van der Waals surface area contributed by atoms with E-state index in [9.17, 15) is 18.0 Å². The molecule has 2 heterocycles. The number of anilines is 1. The third kappa shape index (κ3) is 3.48. The molecular formula is C14H19F3N4O. The van der Waals surface area contributed by atoms with Crippen molar-refractivity contribution < 1.29 is 18.0 Å². The second kappa shape index (κ2) is 6.10. The van der Waals surface area contributed by atoms with Gasteiger partial charge in [0.1, 0.15) is 11.6 Å². The van der Waals surface area contributed by atoms with Crippen LogP contribution in [-0.4, -0.2) is 53.1 Å². The molecule has 0 radical (unpaired) electrons. The molecular weight excluding hydrogens is 297 g/mol. The second-order valence-corrected chi connectivity index (χ2v) is 5.44. The van der Waals surface area contributed by atoms with Gasteiger partial charge >= 0.3 is 12.1 Å². The van der Waals surface area contributed by atoms with Crippen LogP contribution < -0.4 is 4.90 Å². The molecule has 2 rings (SSSR count). The van der Waals surface area contributed by atoms with E-state index in [1.54, 1.807) is 6.92 Å². The highest BCUT2D eigenvalue weighted by atomic mass is 19.4. The lowest BCUT2D eigenvalue weighted by atomic mass is 10.2. The maximum absolute atomic E-state index is 12.5. The van der Waals surface area contributed by atoms with Crippen LogP contribution in [0.5, 0.6) is 0 Å². The lowest BCUT2D eigenvalue weighted by Gasteiger charge is -2.25. The summed E-state index contributed by atoms with van der Waals surface area (Å²) < 4.78 is 37.6. The highest BCUT2D eigenvalue weighted by Gasteiger charge is 2.42. The van der Waals surface area contributed by atoms with E-state index in [4.69, 9.17) is 0 Å². The zero-order valence-electron chi connectivity index (χ0n) is 12.9. The van der Waals surface area contributed by atoms with E-state index >= 15 is 0 Å². The van der Waals surface area contributed by atoms with Gasteiger partial charge in [0, 0.05) is 37.4 Å². The Labute approximate surface area is 127 Å². The van der Waals surface area contributed by atoms with Crippen LogP contribution >= 0.6 is 0 Å². The minimum atomic E-state index is -4.81. The first kappa shape index (κ1) is 16.5. The molecule has 0 unspecified atom stereocenters. The molecule has 0 bridgehead atoms. The van der Waals surface area contributed by atoms with Crippen LogP contribution in [0.1, 0.15) is 23.5 Å². The van der Waals surface area contributed by atoms with Crippen molar-refractivity contribution in [1.29, 1.82) is 0 Å². The zero-order chi connectivity index (χ0) is 16.5. The number of hydrogen-bond donors (Lipinski definition) is 0. The summed E-state index contributed by atoms with van der Waals surface area (Å²) in [6.07, 6.45) is -4.34. The first-order valence-electron chi connectivity index (χ1n) is 7.13. The highest BCUT2D eigenvalue weighted by molar-refractivity contribution is 5.82. The number of carbonyl (C=O) groups is 1. The molecule has 0 spiro atoms. The van der Waals surface area contributed by atoms with Crippen LogP contribution in [0, 0.1) is 20.8 Å². The highest BCUT2D eigenvalue weighted by Crippen LogP contribution is 2.23. The Kier molecular flexibility index (Phi) is 4.58. The number of amides is 1. The Balaban J connectivity index is 2.16. The summed E-state index contributed by atoms with van der Waals surface area (Å²) in [7, 11) is 0. The van der Waals surface area contributed by atoms with E-state index in [-0.39, 0.29) is 13.1 Å². The van der Waals surface area contributed by atoms with Gasteiger partial charge in [-0.25, -0.2) is 9.97 Å². The van der Waals surface area contributed by atoms with Crippen molar-refractivity contribution in [3.63, 3.8) is 0 Å². The predicted octanol–water partition coefficient (Wildman–Crippen LogP) is 2.00. The fourth-order valence-corrected chi connectivity index (χ4v) is 2.57. The molecule has 22 heavy (non-hydrogen) atoms. The SMILES string of the molecule is Cc1nc(C)c(C)c(N2CCCN(C(=O)C(F)(F)F)CC2)n1. The Morgan fingerprint density at radius 2 is 1.73 bits per heavy atom. The number of alkyl halides is 3. The van der Waals surface area contributed by atoms with Gasteiger partial charge in [0.2, 0.25) is 0 Å². The van der Waals surface area contributed by atoms with Crippen LogP contribution in [0.4, 0.5) is 19.0 Å². The summed E-state index contributed by atoms with van der Waals surface area (Å²) in [5.41, 5.74) is 1.77. The van der Waals surface area contributed by atoms with Gasteiger partial charge in [-0.15, -0.1) is 0 Å². The number of aryl methyl sites for hydroxylation is 2. The number of halogens is 3. The molecule has 1 aromatic heterocycles. The van der Waals surface area contributed by atoms with E-state index in [1.807, 2.05) is 18.7 Å². The first-order chi connectivity index (χ1) is 10.2. The van der Waals surface area contributed by atoms with Gasteiger partial charge in [0.05, 0.1) is 0 Å². The lowest BCUT2D eigenvalue weighted by Crippen LogP contribution is -2.43. The summed E-state index contributed by atoms with van der Waals surface area (Å²) in [6, 6.07) is 0. The number of aromatic nitrogens is 2. The van der Waals surface area contributed by atoms with Crippen molar-refractivity contribution in [3.05, 3.63) is 17.1 Å². The maximum Gasteiger partial charge on any atom is 0.471 e. The summed E-state index contributed by atoms with van der Waals surface area (Å²) in [6.45, 7) is 6.61. The number of rotatable bonds is 1. The normalized spacial score (nSPS) is 16.6. The fourth-order valence-electron chi connectivity index (χ4n) is 2.57. The third-order valence-electron chi connectivity index (χ3n) is 3.80. The van der Waals surface area contributed by atoms with Crippen molar-refractivity contribution in [3.8, 4) is 0 Å². The molecule has 0 saturated carbocycles. The molecule has 0 aromatic carbocycles. The number of nitrogens with zero attached hydrogens (tertiary/aromatic N) is 4. The fraction of sp³-hybridized carbons (Fsp3) is 0.643. The van der Waals surface area contributed by atoms with E-state index in [1.165, 1.54) is 0 Å². The average Bonchev–Trinajstić information content (AvgIpc) is 2.66. The van der Waals surface area contributed by atoms with E-state index in [2.05, 4.69) is 9.97 Å². The van der Waals surface area contributed by atoms with E-state index in [0.29, 0.717) is 25.3 Å². The van der Waals surface area contributed by atoms with Crippen LogP contribution in [0.15, 0.2) is 0 Å². The van der Waals surface area contributed by atoms with Gasteiger partial charge in [-0.1, -0.05) is 0 Å². The van der Waals surface area contributed by atoms with Crippen LogP contribution in [0.2, 0.25) is 0 Å². The molecule has 5 nitrogen and oxygen atoms in total. The average molecular weight is 316 g/mol. The molecule has 1 aromatic rings.